The van der Waals surface area contributed by atoms with Gasteiger partial charge in [0.1, 0.15) is 12.4 Å². The summed E-state index contributed by atoms with van der Waals surface area (Å²) in [5.41, 5.74) is 1.50. The largest absolute Gasteiger partial charge is 0.349 e. The molecule has 3 heterocycles. The highest BCUT2D eigenvalue weighted by Crippen LogP contribution is 2.36. The second-order valence-electron chi connectivity index (χ2n) is 7.45. The molecule has 146 valence electrons. The maximum Gasteiger partial charge on any atom is 0.252 e. The number of nitrogens with one attached hydrogen (secondary N) is 1. The van der Waals surface area contributed by atoms with Crippen molar-refractivity contribution < 1.29 is 4.79 Å². The van der Waals surface area contributed by atoms with Gasteiger partial charge in [-0.3, -0.25) is 14.5 Å². The molecule has 1 aliphatic rings. The highest BCUT2D eigenvalue weighted by molar-refractivity contribution is 6.06. The Labute approximate surface area is 167 Å². The Hall–Kier alpha value is -3.55. The summed E-state index contributed by atoms with van der Waals surface area (Å²) < 4.78 is 3.87. The second-order valence-corrected chi connectivity index (χ2v) is 7.45. The topological polar surface area (TPSA) is 90.5 Å². The van der Waals surface area contributed by atoms with Crippen molar-refractivity contribution in [3.63, 3.8) is 0 Å². The predicted octanol–water partition coefficient (Wildman–Crippen LogP) is 2.28. The fraction of sp³-hybridized carbons (Fsp3) is 0.286. The number of carbonyl (C=O) groups is 1. The summed E-state index contributed by atoms with van der Waals surface area (Å²) in [5.74, 6) is 2.09. The Bertz CT molecular complexity index is 1150. The molecule has 1 saturated carbocycles. The molecule has 1 amide bonds. The van der Waals surface area contributed by atoms with Gasteiger partial charge in [-0.25, -0.2) is 0 Å². The van der Waals surface area contributed by atoms with Gasteiger partial charge in [-0.1, -0.05) is 12.1 Å². The van der Waals surface area contributed by atoms with Crippen molar-refractivity contribution in [3.8, 4) is 0 Å². The van der Waals surface area contributed by atoms with E-state index >= 15 is 0 Å². The molecule has 0 unspecified atom stereocenters. The molecule has 0 bridgehead atoms. The van der Waals surface area contributed by atoms with E-state index in [-0.39, 0.29) is 11.9 Å². The van der Waals surface area contributed by atoms with Crippen molar-refractivity contribution in [1.82, 2.24) is 34.8 Å². The Balaban J connectivity index is 1.23. The summed E-state index contributed by atoms with van der Waals surface area (Å²) in [4.78, 5) is 17.1. The monoisotopic (exact) mass is 387 g/mol. The molecule has 8 heteroatoms. The van der Waals surface area contributed by atoms with Crippen molar-refractivity contribution in [2.24, 2.45) is 7.05 Å². The maximum atomic E-state index is 12.8. The van der Waals surface area contributed by atoms with Crippen LogP contribution in [0.5, 0.6) is 0 Å². The number of aromatic nitrogens is 6. The van der Waals surface area contributed by atoms with Gasteiger partial charge in [-0.15, -0.1) is 10.2 Å². The SMILES string of the molecule is Cn1c(Cn2cccn2)nnc1C1CC(NC(=O)c2cccc3ncccc23)C1. The smallest absolute Gasteiger partial charge is 0.252 e. The van der Waals surface area contributed by atoms with E-state index in [0.717, 1.165) is 35.4 Å². The van der Waals surface area contributed by atoms with Crippen LogP contribution in [0.4, 0.5) is 0 Å². The lowest BCUT2D eigenvalue weighted by atomic mass is 9.79. The Morgan fingerprint density at radius 1 is 1.14 bits per heavy atom. The number of amides is 1. The lowest BCUT2D eigenvalue weighted by molar-refractivity contribution is 0.0908. The third-order valence-electron chi connectivity index (χ3n) is 5.59. The maximum absolute atomic E-state index is 12.8. The number of hydrogen-bond acceptors (Lipinski definition) is 5. The first-order chi connectivity index (χ1) is 14.2. The quantitative estimate of drug-likeness (QED) is 0.567. The fourth-order valence-corrected chi connectivity index (χ4v) is 3.92. The van der Waals surface area contributed by atoms with Crippen LogP contribution in [0.1, 0.15) is 40.8 Å². The predicted molar refractivity (Wildman–Crippen MR) is 107 cm³/mol. The lowest BCUT2D eigenvalue weighted by Crippen LogP contribution is -2.44. The van der Waals surface area contributed by atoms with Gasteiger partial charge in [0.25, 0.3) is 5.91 Å². The fourth-order valence-electron chi connectivity index (χ4n) is 3.92. The van der Waals surface area contributed by atoms with E-state index in [1.807, 2.05) is 58.9 Å². The summed E-state index contributed by atoms with van der Waals surface area (Å²) in [5, 5.41) is 16.9. The molecule has 1 aliphatic carbocycles. The minimum atomic E-state index is -0.0515. The molecule has 3 aromatic heterocycles. The van der Waals surface area contributed by atoms with Gasteiger partial charge in [-0.2, -0.15) is 5.10 Å². The van der Waals surface area contributed by atoms with Crippen LogP contribution < -0.4 is 5.32 Å². The second kappa shape index (κ2) is 7.12. The van der Waals surface area contributed by atoms with Crippen molar-refractivity contribution in [2.45, 2.75) is 31.3 Å². The molecule has 29 heavy (non-hydrogen) atoms. The highest BCUT2D eigenvalue weighted by Gasteiger charge is 2.35. The molecule has 1 N–H and O–H groups in total. The lowest BCUT2D eigenvalue weighted by Gasteiger charge is -2.35. The van der Waals surface area contributed by atoms with Crippen LogP contribution in [-0.4, -0.2) is 41.5 Å². The third kappa shape index (κ3) is 3.26. The van der Waals surface area contributed by atoms with Gasteiger partial charge in [0.15, 0.2) is 5.82 Å². The Morgan fingerprint density at radius 2 is 2.03 bits per heavy atom. The summed E-state index contributed by atoms with van der Waals surface area (Å²) in [6.07, 6.45) is 7.13. The van der Waals surface area contributed by atoms with E-state index in [4.69, 9.17) is 0 Å². The first-order valence-corrected chi connectivity index (χ1v) is 9.69. The molecule has 0 atom stereocenters. The zero-order valence-electron chi connectivity index (χ0n) is 16.1. The third-order valence-corrected chi connectivity index (χ3v) is 5.59. The van der Waals surface area contributed by atoms with E-state index < -0.39 is 0 Å². The van der Waals surface area contributed by atoms with Crippen LogP contribution in [-0.2, 0) is 13.6 Å². The first-order valence-electron chi connectivity index (χ1n) is 9.69. The molecule has 8 nitrogen and oxygen atoms in total. The average Bonchev–Trinajstić information content (AvgIpc) is 3.35. The molecular formula is C21H21N7O. The molecule has 1 aromatic carbocycles. The molecule has 1 fully saturated rings. The number of carbonyl (C=O) groups excluding carboxylic acids is 1. The van der Waals surface area contributed by atoms with Crippen LogP contribution in [0, 0.1) is 0 Å². The molecule has 4 aromatic rings. The summed E-state index contributed by atoms with van der Waals surface area (Å²) >= 11 is 0. The van der Waals surface area contributed by atoms with Crippen molar-refractivity contribution in [2.75, 3.05) is 0 Å². The van der Waals surface area contributed by atoms with Crippen LogP contribution in [0.25, 0.3) is 10.9 Å². The van der Waals surface area contributed by atoms with Gasteiger partial charge in [0, 0.05) is 48.5 Å². The Morgan fingerprint density at radius 3 is 2.86 bits per heavy atom. The van der Waals surface area contributed by atoms with E-state index in [9.17, 15) is 4.79 Å². The molecule has 0 saturated heterocycles. The van der Waals surface area contributed by atoms with Crippen LogP contribution in [0.15, 0.2) is 55.0 Å². The van der Waals surface area contributed by atoms with Crippen molar-refractivity contribution >= 4 is 16.8 Å². The number of benzene rings is 1. The zero-order valence-corrected chi connectivity index (χ0v) is 16.1. The Kier molecular flexibility index (Phi) is 4.31. The molecular weight excluding hydrogens is 366 g/mol. The molecule has 5 rings (SSSR count). The minimum absolute atomic E-state index is 0.0515. The van der Waals surface area contributed by atoms with Crippen LogP contribution >= 0.6 is 0 Å². The summed E-state index contributed by atoms with van der Waals surface area (Å²) in [6, 6.07) is 11.5. The normalized spacial score (nSPS) is 18.5. The average molecular weight is 387 g/mol. The van der Waals surface area contributed by atoms with Gasteiger partial charge < -0.3 is 9.88 Å². The summed E-state index contributed by atoms with van der Waals surface area (Å²) in [7, 11) is 1.99. The van der Waals surface area contributed by atoms with Gasteiger partial charge in [-0.05, 0) is 37.1 Å². The molecule has 0 aliphatic heterocycles. The number of rotatable bonds is 5. The number of nitrogens with zero attached hydrogens (tertiary/aromatic N) is 6. The standard InChI is InChI=1S/C21H21N7O/c1-27-19(13-28-10-4-9-23-28)25-26-20(27)14-11-15(12-14)24-21(29)17-5-2-7-18-16(17)6-3-8-22-18/h2-10,14-15H,11-13H2,1H3,(H,24,29). The van der Waals surface area contributed by atoms with E-state index in [1.54, 1.807) is 12.4 Å². The van der Waals surface area contributed by atoms with Crippen molar-refractivity contribution in [1.29, 1.82) is 0 Å². The van der Waals surface area contributed by atoms with Crippen molar-refractivity contribution in [3.05, 3.63) is 72.2 Å². The number of pyridine rings is 1. The van der Waals surface area contributed by atoms with E-state index in [2.05, 4.69) is 25.6 Å². The van der Waals surface area contributed by atoms with Crippen LogP contribution in [0.3, 0.4) is 0 Å². The molecule has 0 radical (unpaired) electrons. The van der Waals surface area contributed by atoms with Gasteiger partial charge >= 0.3 is 0 Å². The number of fused-ring (bicyclic) bond motifs is 1. The minimum Gasteiger partial charge on any atom is -0.349 e. The first kappa shape index (κ1) is 17.5. The van der Waals surface area contributed by atoms with E-state index in [1.165, 1.54) is 0 Å². The number of hydrogen-bond donors (Lipinski definition) is 1. The van der Waals surface area contributed by atoms with Gasteiger partial charge in [0.05, 0.1) is 5.52 Å². The van der Waals surface area contributed by atoms with Crippen LogP contribution in [0.2, 0.25) is 0 Å². The van der Waals surface area contributed by atoms with E-state index in [0.29, 0.717) is 18.0 Å². The summed E-state index contributed by atoms with van der Waals surface area (Å²) in [6.45, 7) is 0.596. The zero-order chi connectivity index (χ0) is 19.8. The highest BCUT2D eigenvalue weighted by atomic mass is 16.1. The molecule has 0 spiro atoms. The van der Waals surface area contributed by atoms with Gasteiger partial charge in [0.2, 0.25) is 0 Å².